The molecule has 2 aliphatic heterocycles. The maximum atomic E-state index is 12.1. The van der Waals surface area contributed by atoms with E-state index in [1.807, 2.05) is 29.2 Å². The Morgan fingerprint density at radius 2 is 2.00 bits per heavy atom. The van der Waals surface area contributed by atoms with Gasteiger partial charge >= 0.3 is 0 Å². The minimum atomic E-state index is 0. The lowest BCUT2D eigenvalue weighted by Gasteiger charge is -2.27. The van der Waals surface area contributed by atoms with Gasteiger partial charge < -0.3 is 19.9 Å². The average Bonchev–Trinajstić information content (AvgIpc) is 3.00. The average molecular weight is 340 g/mol. The van der Waals surface area contributed by atoms with Crippen LogP contribution in [-0.4, -0.2) is 56.0 Å². The molecule has 0 spiro atoms. The molecule has 126 valence electrons. The molecular weight excluding hydrogens is 318 g/mol. The number of carbonyl (C=O) groups is 2. The van der Waals surface area contributed by atoms with Crippen LogP contribution in [0.15, 0.2) is 24.3 Å². The number of nitrogens with zero attached hydrogens (tertiary/aromatic N) is 2. The van der Waals surface area contributed by atoms with Crippen LogP contribution in [-0.2, 0) is 9.59 Å². The summed E-state index contributed by atoms with van der Waals surface area (Å²) in [6, 6.07) is 7.39. The van der Waals surface area contributed by atoms with Gasteiger partial charge in [0.1, 0.15) is 5.75 Å². The number of carbonyl (C=O) groups excluding carboxylic acids is 2. The monoisotopic (exact) mass is 339 g/mol. The first-order chi connectivity index (χ1) is 10.7. The molecule has 1 aromatic rings. The number of rotatable bonds is 4. The SMILES string of the molecule is Cl.O=C(COc1cccc(N2CCCC2=O)c1)N1CCNCC1. The fourth-order valence-electron chi connectivity index (χ4n) is 2.81. The van der Waals surface area contributed by atoms with Crippen LogP contribution < -0.4 is 15.0 Å². The minimum Gasteiger partial charge on any atom is -0.484 e. The summed E-state index contributed by atoms with van der Waals surface area (Å²) in [6.07, 6.45) is 1.50. The molecular formula is C16H22ClN3O3. The Morgan fingerprint density at radius 1 is 1.22 bits per heavy atom. The highest BCUT2D eigenvalue weighted by atomic mass is 35.5. The van der Waals surface area contributed by atoms with Crippen molar-refractivity contribution in [2.75, 3.05) is 44.2 Å². The zero-order valence-corrected chi connectivity index (χ0v) is 13.8. The van der Waals surface area contributed by atoms with Gasteiger partial charge in [-0.1, -0.05) is 6.07 Å². The number of hydrogen-bond donors (Lipinski definition) is 1. The van der Waals surface area contributed by atoms with Gasteiger partial charge in [-0.15, -0.1) is 12.4 Å². The molecule has 2 heterocycles. The van der Waals surface area contributed by atoms with Gasteiger partial charge in [0.15, 0.2) is 6.61 Å². The van der Waals surface area contributed by atoms with Crippen molar-refractivity contribution in [2.24, 2.45) is 0 Å². The van der Waals surface area contributed by atoms with Crippen LogP contribution in [0.25, 0.3) is 0 Å². The van der Waals surface area contributed by atoms with E-state index in [1.165, 1.54) is 0 Å². The van der Waals surface area contributed by atoms with Crippen LogP contribution >= 0.6 is 12.4 Å². The molecule has 0 saturated carbocycles. The molecule has 23 heavy (non-hydrogen) atoms. The van der Waals surface area contributed by atoms with Crippen LogP contribution in [0.5, 0.6) is 5.75 Å². The Morgan fingerprint density at radius 3 is 2.70 bits per heavy atom. The molecule has 2 saturated heterocycles. The van der Waals surface area contributed by atoms with Crippen molar-refractivity contribution in [3.8, 4) is 5.75 Å². The molecule has 3 rings (SSSR count). The number of halogens is 1. The molecule has 2 fully saturated rings. The molecule has 0 atom stereocenters. The predicted octanol–water partition coefficient (Wildman–Crippen LogP) is 1.05. The summed E-state index contributed by atoms with van der Waals surface area (Å²) < 4.78 is 5.61. The van der Waals surface area contributed by atoms with Gasteiger partial charge in [-0.05, 0) is 18.6 Å². The van der Waals surface area contributed by atoms with Crippen LogP contribution in [0.3, 0.4) is 0 Å². The first-order valence-electron chi connectivity index (χ1n) is 7.76. The van der Waals surface area contributed by atoms with Gasteiger partial charge in [0.05, 0.1) is 0 Å². The van der Waals surface area contributed by atoms with E-state index >= 15 is 0 Å². The van der Waals surface area contributed by atoms with Crippen LogP contribution in [0.2, 0.25) is 0 Å². The standard InChI is InChI=1S/C16H21N3O3.ClH/c20-15-5-2-8-19(15)13-3-1-4-14(11-13)22-12-16(21)18-9-6-17-7-10-18;/h1,3-4,11,17H,2,5-10,12H2;1H. The van der Waals surface area contributed by atoms with Crippen molar-refractivity contribution in [3.05, 3.63) is 24.3 Å². The quantitative estimate of drug-likeness (QED) is 0.890. The number of piperazine rings is 1. The van der Waals surface area contributed by atoms with Gasteiger partial charge in [-0.25, -0.2) is 0 Å². The Balaban J connectivity index is 0.00000192. The normalized spacial score (nSPS) is 17.8. The molecule has 2 aliphatic rings. The van der Waals surface area contributed by atoms with Crippen molar-refractivity contribution in [1.29, 1.82) is 0 Å². The lowest BCUT2D eigenvalue weighted by atomic mass is 10.3. The lowest BCUT2D eigenvalue weighted by molar-refractivity contribution is -0.133. The third kappa shape index (κ3) is 4.36. The highest BCUT2D eigenvalue weighted by Gasteiger charge is 2.22. The van der Waals surface area contributed by atoms with Gasteiger partial charge in [-0.3, -0.25) is 9.59 Å². The Kier molecular flexibility index (Phi) is 6.24. The fourth-order valence-corrected chi connectivity index (χ4v) is 2.81. The summed E-state index contributed by atoms with van der Waals surface area (Å²) >= 11 is 0. The zero-order valence-electron chi connectivity index (χ0n) is 13.0. The van der Waals surface area contributed by atoms with E-state index < -0.39 is 0 Å². The van der Waals surface area contributed by atoms with E-state index in [9.17, 15) is 9.59 Å². The minimum absolute atomic E-state index is 0. The Hall–Kier alpha value is -1.79. The number of amides is 2. The number of benzene rings is 1. The molecule has 0 aromatic heterocycles. The van der Waals surface area contributed by atoms with Crippen LogP contribution in [0.4, 0.5) is 5.69 Å². The number of anilines is 1. The Labute approximate surface area is 142 Å². The Bertz CT molecular complexity index is 561. The van der Waals surface area contributed by atoms with E-state index in [4.69, 9.17) is 4.74 Å². The first-order valence-corrected chi connectivity index (χ1v) is 7.76. The lowest BCUT2D eigenvalue weighted by Crippen LogP contribution is -2.47. The first kappa shape index (κ1) is 17.6. The molecule has 1 N–H and O–H groups in total. The number of hydrogen-bond acceptors (Lipinski definition) is 4. The molecule has 7 heteroatoms. The maximum absolute atomic E-state index is 12.1. The van der Waals surface area contributed by atoms with Gasteiger partial charge in [-0.2, -0.15) is 0 Å². The molecule has 0 bridgehead atoms. The highest BCUT2D eigenvalue weighted by Crippen LogP contribution is 2.25. The number of nitrogens with one attached hydrogen (secondary N) is 1. The second-order valence-corrected chi connectivity index (χ2v) is 5.57. The second kappa shape index (κ2) is 8.17. The second-order valence-electron chi connectivity index (χ2n) is 5.57. The summed E-state index contributed by atoms with van der Waals surface area (Å²) in [5.41, 5.74) is 0.842. The van der Waals surface area contributed by atoms with Gasteiger partial charge in [0.25, 0.3) is 5.91 Å². The van der Waals surface area contributed by atoms with Crippen molar-refractivity contribution in [1.82, 2.24) is 10.2 Å². The molecule has 1 aromatic carbocycles. The summed E-state index contributed by atoms with van der Waals surface area (Å²) in [5.74, 6) is 0.777. The molecule has 6 nitrogen and oxygen atoms in total. The van der Waals surface area contributed by atoms with E-state index in [0.717, 1.165) is 44.8 Å². The molecule has 0 aliphatic carbocycles. The predicted molar refractivity (Wildman–Crippen MR) is 90.2 cm³/mol. The van der Waals surface area contributed by atoms with Gasteiger partial charge in [0.2, 0.25) is 5.91 Å². The van der Waals surface area contributed by atoms with Crippen molar-refractivity contribution < 1.29 is 14.3 Å². The zero-order chi connectivity index (χ0) is 15.4. The summed E-state index contributed by atoms with van der Waals surface area (Å²) in [4.78, 5) is 27.4. The van der Waals surface area contributed by atoms with E-state index in [2.05, 4.69) is 5.32 Å². The summed E-state index contributed by atoms with van der Waals surface area (Å²) in [5, 5.41) is 3.21. The van der Waals surface area contributed by atoms with E-state index in [0.29, 0.717) is 12.2 Å². The topological polar surface area (TPSA) is 61.9 Å². The highest BCUT2D eigenvalue weighted by molar-refractivity contribution is 5.95. The smallest absolute Gasteiger partial charge is 0.260 e. The summed E-state index contributed by atoms with van der Waals surface area (Å²) in [7, 11) is 0. The van der Waals surface area contributed by atoms with Crippen molar-refractivity contribution in [2.45, 2.75) is 12.8 Å². The van der Waals surface area contributed by atoms with Gasteiger partial charge in [0, 0.05) is 50.9 Å². The van der Waals surface area contributed by atoms with E-state index in [1.54, 1.807) is 4.90 Å². The molecule has 2 amide bonds. The largest absolute Gasteiger partial charge is 0.484 e. The molecule has 0 radical (unpaired) electrons. The maximum Gasteiger partial charge on any atom is 0.260 e. The fraction of sp³-hybridized carbons (Fsp3) is 0.500. The third-order valence-corrected chi connectivity index (χ3v) is 4.03. The van der Waals surface area contributed by atoms with E-state index in [-0.39, 0.29) is 30.8 Å². The summed E-state index contributed by atoms with van der Waals surface area (Å²) in [6.45, 7) is 3.91. The van der Waals surface area contributed by atoms with Crippen molar-refractivity contribution in [3.63, 3.8) is 0 Å². The van der Waals surface area contributed by atoms with Crippen LogP contribution in [0.1, 0.15) is 12.8 Å². The molecule has 0 unspecified atom stereocenters. The third-order valence-electron chi connectivity index (χ3n) is 4.03. The number of ether oxygens (including phenoxy) is 1. The van der Waals surface area contributed by atoms with Crippen LogP contribution in [0, 0.1) is 0 Å². The van der Waals surface area contributed by atoms with Crippen molar-refractivity contribution >= 4 is 29.9 Å².